The first-order valence-corrected chi connectivity index (χ1v) is 5.62. The molecule has 1 aromatic carbocycles. The van der Waals surface area contributed by atoms with Gasteiger partial charge in [-0.1, -0.05) is 6.07 Å². The summed E-state index contributed by atoms with van der Waals surface area (Å²) in [7, 11) is 0. The largest absolute Gasteiger partial charge is 0.328 e. The third kappa shape index (κ3) is 1.85. The molecule has 1 aliphatic rings. The molecule has 6 heteroatoms. The van der Waals surface area contributed by atoms with Gasteiger partial charge in [-0.3, -0.25) is 10.6 Å². The van der Waals surface area contributed by atoms with Crippen LogP contribution in [0.2, 0.25) is 0 Å². The number of aryl methyl sites for hydroxylation is 1. The molecular weight excluding hydrogens is 221 g/mol. The minimum Gasteiger partial charge on any atom is -0.328 e. The van der Waals surface area contributed by atoms with Crippen LogP contribution in [0.25, 0.3) is 11.0 Å². The molecule has 0 unspecified atom stereocenters. The van der Waals surface area contributed by atoms with E-state index < -0.39 is 0 Å². The fourth-order valence-electron chi connectivity index (χ4n) is 2.00. The molecule has 3 rings (SSSR count). The Hall–Kier alpha value is -1.66. The van der Waals surface area contributed by atoms with Gasteiger partial charge in [0, 0.05) is 13.1 Å². The Labute approximate surface area is 97.8 Å². The van der Waals surface area contributed by atoms with Crippen LogP contribution in [0.1, 0.15) is 5.56 Å². The van der Waals surface area contributed by atoms with Crippen LogP contribution in [0, 0.1) is 12.7 Å². The van der Waals surface area contributed by atoms with Crippen molar-refractivity contribution in [3.05, 3.63) is 23.5 Å². The molecule has 0 atom stereocenters. The number of fused-ring (bicyclic) bond motifs is 1. The van der Waals surface area contributed by atoms with Crippen LogP contribution in [0.15, 0.2) is 12.1 Å². The lowest BCUT2D eigenvalue weighted by Gasteiger charge is -2.11. The molecule has 1 aromatic heterocycles. The first-order valence-electron chi connectivity index (χ1n) is 5.62. The van der Waals surface area contributed by atoms with Crippen LogP contribution < -0.4 is 16.0 Å². The highest BCUT2D eigenvalue weighted by Gasteiger charge is 2.15. The number of aromatic nitrogens is 2. The highest BCUT2D eigenvalue weighted by atomic mass is 19.1. The van der Waals surface area contributed by atoms with Gasteiger partial charge >= 0.3 is 0 Å². The van der Waals surface area contributed by atoms with Gasteiger partial charge in [0.1, 0.15) is 17.6 Å². The zero-order valence-corrected chi connectivity index (χ0v) is 9.47. The summed E-state index contributed by atoms with van der Waals surface area (Å²) in [5.74, 6) is 0.290. The van der Waals surface area contributed by atoms with Gasteiger partial charge in [-0.25, -0.2) is 9.37 Å². The Morgan fingerprint density at radius 1 is 1.35 bits per heavy atom. The summed E-state index contributed by atoms with van der Waals surface area (Å²) in [6.07, 6.45) is -0.0149. The van der Waals surface area contributed by atoms with Crippen LogP contribution in [0.4, 0.5) is 10.3 Å². The maximum atomic E-state index is 13.6. The summed E-state index contributed by atoms with van der Waals surface area (Å²) >= 11 is 0. The number of nitrogens with zero attached hydrogens (tertiary/aromatic N) is 1. The SMILES string of the molecule is Cc1ccc(F)c2[nH]c(NC3NCCN3)nc12. The van der Waals surface area contributed by atoms with Gasteiger partial charge in [0.25, 0.3) is 0 Å². The Kier molecular flexibility index (Phi) is 2.45. The molecule has 5 nitrogen and oxygen atoms in total. The van der Waals surface area contributed by atoms with Gasteiger partial charge in [-0.2, -0.15) is 0 Å². The Morgan fingerprint density at radius 3 is 2.82 bits per heavy atom. The number of halogens is 1. The number of benzene rings is 1. The average molecular weight is 235 g/mol. The maximum absolute atomic E-state index is 13.6. The lowest BCUT2D eigenvalue weighted by atomic mass is 10.2. The van der Waals surface area contributed by atoms with E-state index in [1.807, 2.05) is 6.92 Å². The van der Waals surface area contributed by atoms with Crippen molar-refractivity contribution in [3.8, 4) is 0 Å². The molecule has 1 saturated heterocycles. The van der Waals surface area contributed by atoms with Gasteiger partial charge in [-0.05, 0) is 18.6 Å². The van der Waals surface area contributed by atoms with E-state index in [0.29, 0.717) is 17.0 Å². The van der Waals surface area contributed by atoms with E-state index in [1.54, 1.807) is 6.07 Å². The molecule has 90 valence electrons. The molecule has 0 spiro atoms. The normalized spacial score (nSPS) is 16.8. The van der Waals surface area contributed by atoms with Crippen molar-refractivity contribution >= 4 is 17.0 Å². The van der Waals surface area contributed by atoms with Gasteiger partial charge in [0.2, 0.25) is 5.95 Å². The monoisotopic (exact) mass is 235 g/mol. The van der Waals surface area contributed by atoms with Gasteiger partial charge in [0.05, 0.1) is 5.52 Å². The lowest BCUT2D eigenvalue weighted by molar-refractivity contribution is 0.615. The number of H-pyrrole nitrogens is 1. The van der Waals surface area contributed by atoms with E-state index in [-0.39, 0.29) is 12.1 Å². The summed E-state index contributed by atoms with van der Waals surface area (Å²) in [5.41, 5.74) is 2.08. The van der Waals surface area contributed by atoms with Gasteiger partial charge < -0.3 is 10.3 Å². The van der Waals surface area contributed by atoms with Crippen LogP contribution in [0.3, 0.4) is 0 Å². The maximum Gasteiger partial charge on any atom is 0.203 e. The van der Waals surface area contributed by atoms with Crippen LogP contribution in [-0.4, -0.2) is 29.3 Å². The van der Waals surface area contributed by atoms with Gasteiger partial charge in [0.15, 0.2) is 0 Å². The number of aromatic amines is 1. The summed E-state index contributed by atoms with van der Waals surface area (Å²) in [6, 6.07) is 3.18. The highest BCUT2D eigenvalue weighted by molar-refractivity contribution is 5.81. The molecule has 0 radical (unpaired) electrons. The molecule has 0 aliphatic carbocycles. The number of anilines is 1. The molecule has 0 bridgehead atoms. The quantitative estimate of drug-likeness (QED) is 0.624. The van der Waals surface area contributed by atoms with E-state index >= 15 is 0 Å². The summed E-state index contributed by atoms with van der Waals surface area (Å²) in [6.45, 7) is 3.73. The molecule has 4 N–H and O–H groups in total. The zero-order chi connectivity index (χ0) is 11.8. The number of hydrogen-bond acceptors (Lipinski definition) is 4. The predicted molar refractivity (Wildman–Crippen MR) is 64.2 cm³/mol. The van der Waals surface area contributed by atoms with Crippen molar-refractivity contribution in [1.29, 1.82) is 0 Å². The Morgan fingerprint density at radius 2 is 2.12 bits per heavy atom. The molecule has 2 aromatic rings. The smallest absolute Gasteiger partial charge is 0.203 e. The fourth-order valence-corrected chi connectivity index (χ4v) is 2.00. The second-order valence-electron chi connectivity index (χ2n) is 4.16. The molecule has 0 amide bonds. The van der Waals surface area contributed by atoms with E-state index in [9.17, 15) is 4.39 Å². The molecule has 1 fully saturated rings. The number of hydrogen-bond donors (Lipinski definition) is 4. The summed E-state index contributed by atoms with van der Waals surface area (Å²) in [5, 5.41) is 9.53. The van der Waals surface area contributed by atoms with Crippen molar-refractivity contribution in [2.45, 2.75) is 13.2 Å². The fraction of sp³-hybridized carbons (Fsp3) is 0.364. The van der Waals surface area contributed by atoms with Crippen molar-refractivity contribution in [2.24, 2.45) is 0 Å². The van der Waals surface area contributed by atoms with Crippen molar-refractivity contribution in [1.82, 2.24) is 20.6 Å². The van der Waals surface area contributed by atoms with Crippen LogP contribution >= 0.6 is 0 Å². The summed E-state index contributed by atoms with van der Waals surface area (Å²) in [4.78, 5) is 7.30. The average Bonchev–Trinajstić information content (AvgIpc) is 2.94. The van der Waals surface area contributed by atoms with E-state index in [0.717, 1.165) is 18.7 Å². The molecule has 0 saturated carbocycles. The first kappa shape index (κ1) is 10.5. The number of nitrogens with one attached hydrogen (secondary N) is 4. The predicted octanol–water partition coefficient (Wildman–Crippen LogP) is 0.899. The van der Waals surface area contributed by atoms with Crippen LogP contribution in [-0.2, 0) is 0 Å². The lowest BCUT2D eigenvalue weighted by Crippen LogP contribution is -2.39. The standard InChI is InChI=1S/C11H14FN5/c1-6-2-3-7(12)9-8(6)15-11(16-9)17-10-13-4-5-14-10/h2-3,10,13-14H,4-5H2,1H3,(H2,15,16,17). The van der Waals surface area contributed by atoms with E-state index in [1.165, 1.54) is 6.07 Å². The Bertz CT molecular complexity index is 505. The first-order chi connectivity index (χ1) is 8.24. The van der Waals surface area contributed by atoms with E-state index in [2.05, 4.69) is 25.9 Å². The second-order valence-corrected chi connectivity index (χ2v) is 4.16. The second kappa shape index (κ2) is 3.97. The van der Waals surface area contributed by atoms with Crippen molar-refractivity contribution in [3.63, 3.8) is 0 Å². The topological polar surface area (TPSA) is 64.8 Å². The van der Waals surface area contributed by atoms with Crippen LogP contribution in [0.5, 0.6) is 0 Å². The summed E-state index contributed by atoms with van der Waals surface area (Å²) < 4.78 is 13.6. The van der Waals surface area contributed by atoms with Crippen molar-refractivity contribution < 1.29 is 4.39 Å². The minimum absolute atomic E-state index is 0.0149. The third-order valence-corrected chi connectivity index (χ3v) is 2.90. The Balaban J connectivity index is 1.95. The van der Waals surface area contributed by atoms with Crippen molar-refractivity contribution in [2.75, 3.05) is 18.4 Å². The minimum atomic E-state index is -0.279. The number of rotatable bonds is 2. The molecular formula is C11H14FN5. The molecule has 2 heterocycles. The van der Waals surface area contributed by atoms with Gasteiger partial charge in [-0.15, -0.1) is 0 Å². The molecule has 17 heavy (non-hydrogen) atoms. The zero-order valence-electron chi connectivity index (χ0n) is 9.47. The van der Waals surface area contributed by atoms with E-state index in [4.69, 9.17) is 0 Å². The number of imidazole rings is 1. The highest BCUT2D eigenvalue weighted by Crippen LogP contribution is 2.21. The molecule has 1 aliphatic heterocycles. The third-order valence-electron chi connectivity index (χ3n) is 2.90.